The van der Waals surface area contributed by atoms with Crippen molar-refractivity contribution >= 4 is 11.9 Å². The van der Waals surface area contributed by atoms with Crippen molar-refractivity contribution in [3.05, 3.63) is 70.8 Å². The summed E-state index contributed by atoms with van der Waals surface area (Å²) in [5, 5.41) is 11.2. The number of carbonyl (C=O) groups excluding carboxylic acids is 2. The highest BCUT2D eigenvalue weighted by Gasteiger charge is 2.52. The van der Waals surface area contributed by atoms with E-state index in [1.54, 1.807) is 0 Å². The molecule has 1 aliphatic rings. The Bertz CT molecular complexity index is 1000. The molecule has 1 unspecified atom stereocenters. The van der Waals surface area contributed by atoms with E-state index in [-0.39, 0.29) is 0 Å². The summed E-state index contributed by atoms with van der Waals surface area (Å²) in [6, 6.07) is 8.07. The van der Waals surface area contributed by atoms with E-state index in [9.17, 15) is 27.2 Å². The Morgan fingerprint density at radius 3 is 2.36 bits per heavy atom. The molecule has 0 bridgehead atoms. The lowest BCUT2D eigenvalue weighted by molar-refractivity contribution is -0.135. The molecule has 3 rings (SSSR count). The minimum absolute atomic E-state index is 0.293. The van der Waals surface area contributed by atoms with Gasteiger partial charge in [-0.1, -0.05) is 12.1 Å². The van der Waals surface area contributed by atoms with Gasteiger partial charge in [0.1, 0.15) is 17.2 Å². The molecule has 0 aromatic heterocycles. The maximum Gasteiger partial charge on any atom is 0.325 e. The van der Waals surface area contributed by atoms with Gasteiger partial charge in [0.15, 0.2) is 0 Å². The minimum atomic E-state index is -3.93. The van der Waals surface area contributed by atoms with Crippen molar-refractivity contribution < 1.29 is 27.2 Å². The fraction of sp³-hybridized carbons (Fsp3) is 0.211. The first-order chi connectivity index (χ1) is 13.1. The predicted molar refractivity (Wildman–Crippen MR) is 89.0 cm³/mol. The Morgan fingerprint density at radius 1 is 1.14 bits per heavy atom. The minimum Gasteiger partial charge on any atom is -0.319 e. The van der Waals surface area contributed by atoms with E-state index < -0.39 is 47.1 Å². The summed E-state index contributed by atoms with van der Waals surface area (Å²) in [5.41, 5.74) is -2.13. The lowest BCUT2D eigenvalue weighted by Gasteiger charge is -2.24. The van der Waals surface area contributed by atoms with Crippen LogP contribution in [0.5, 0.6) is 0 Å². The zero-order chi connectivity index (χ0) is 20.7. The van der Waals surface area contributed by atoms with Crippen LogP contribution < -0.4 is 5.32 Å². The lowest BCUT2D eigenvalue weighted by atomic mass is 9.91. The molecule has 9 heteroatoms. The van der Waals surface area contributed by atoms with Crippen LogP contribution in [0, 0.1) is 23.0 Å². The summed E-state index contributed by atoms with van der Waals surface area (Å²) in [7, 11) is 0. The zero-order valence-electron chi connectivity index (χ0n) is 14.5. The Labute approximate surface area is 157 Å². The summed E-state index contributed by atoms with van der Waals surface area (Å²) >= 11 is 0. The maximum absolute atomic E-state index is 14.5. The van der Waals surface area contributed by atoms with E-state index >= 15 is 0 Å². The van der Waals surface area contributed by atoms with E-state index in [4.69, 9.17) is 5.26 Å². The lowest BCUT2D eigenvalue weighted by Crippen LogP contribution is -2.43. The number of imide groups is 1. The van der Waals surface area contributed by atoms with Gasteiger partial charge in [0.25, 0.3) is 11.8 Å². The quantitative estimate of drug-likeness (QED) is 0.641. The highest BCUT2D eigenvalue weighted by Crippen LogP contribution is 2.35. The Balaban J connectivity index is 1.90. The summed E-state index contributed by atoms with van der Waals surface area (Å²) in [6.45, 7) is -0.0721. The number of amides is 3. The Kier molecular flexibility index (Phi) is 4.59. The Hall–Kier alpha value is -3.41. The number of halogens is 4. The summed E-state index contributed by atoms with van der Waals surface area (Å²) < 4.78 is 55.8. The second-order valence-electron chi connectivity index (χ2n) is 6.46. The molecule has 1 fully saturated rings. The van der Waals surface area contributed by atoms with Crippen molar-refractivity contribution in [2.24, 2.45) is 0 Å². The molecule has 0 spiro atoms. The molecule has 0 radical (unpaired) electrons. The van der Waals surface area contributed by atoms with Crippen LogP contribution in [0.4, 0.5) is 22.4 Å². The fourth-order valence-corrected chi connectivity index (χ4v) is 2.98. The van der Waals surface area contributed by atoms with E-state index in [2.05, 4.69) is 5.32 Å². The number of benzene rings is 2. The normalized spacial score (nSPS) is 19.5. The number of nitriles is 1. The van der Waals surface area contributed by atoms with Crippen LogP contribution in [0.1, 0.15) is 23.6 Å². The monoisotopic (exact) mass is 391 g/mol. The maximum atomic E-state index is 14.5. The number of carbonyl (C=O) groups is 2. The molecule has 1 atom stereocenters. The van der Waals surface area contributed by atoms with Crippen molar-refractivity contribution in [2.45, 2.75) is 18.4 Å². The molecule has 3 amide bonds. The number of nitrogens with one attached hydrogen (secondary N) is 1. The molecule has 2 aromatic rings. The molecule has 144 valence electrons. The van der Waals surface area contributed by atoms with Crippen LogP contribution in [0.15, 0.2) is 42.5 Å². The van der Waals surface area contributed by atoms with Gasteiger partial charge in [0.2, 0.25) is 0 Å². The molecule has 5 nitrogen and oxygen atoms in total. The van der Waals surface area contributed by atoms with Crippen molar-refractivity contribution in [1.29, 1.82) is 5.26 Å². The van der Waals surface area contributed by atoms with Crippen LogP contribution in [0.3, 0.4) is 0 Å². The number of hydrogen-bond donors (Lipinski definition) is 1. The molecule has 0 saturated carbocycles. The molecule has 1 N–H and O–H groups in total. The van der Waals surface area contributed by atoms with Gasteiger partial charge < -0.3 is 5.32 Å². The third-order valence-corrected chi connectivity index (χ3v) is 4.55. The smallest absolute Gasteiger partial charge is 0.319 e. The molecule has 1 aliphatic heterocycles. The highest BCUT2D eigenvalue weighted by molar-refractivity contribution is 6.07. The first-order valence-corrected chi connectivity index (χ1v) is 8.06. The van der Waals surface area contributed by atoms with Crippen molar-refractivity contribution in [3.63, 3.8) is 0 Å². The van der Waals surface area contributed by atoms with Gasteiger partial charge in [-0.2, -0.15) is 14.0 Å². The van der Waals surface area contributed by atoms with Crippen LogP contribution in [0.25, 0.3) is 0 Å². The first-order valence-electron chi connectivity index (χ1n) is 8.06. The van der Waals surface area contributed by atoms with Gasteiger partial charge in [-0.15, -0.1) is 0 Å². The SMILES string of the molecule is CC1(c2ccc(C#N)cc2)NC(=O)N(CC(F)(F)c2ccc(F)cc2F)C1=O. The van der Waals surface area contributed by atoms with E-state index in [0.717, 1.165) is 0 Å². The third kappa shape index (κ3) is 3.17. The molecule has 1 heterocycles. The summed E-state index contributed by atoms with van der Waals surface area (Å²) in [6.07, 6.45) is 0. The first kappa shape index (κ1) is 19.4. The summed E-state index contributed by atoms with van der Waals surface area (Å²) in [4.78, 5) is 25.2. The second-order valence-corrected chi connectivity index (χ2v) is 6.46. The number of alkyl halides is 2. The third-order valence-electron chi connectivity index (χ3n) is 4.55. The fourth-order valence-electron chi connectivity index (χ4n) is 2.98. The molecular weight excluding hydrogens is 378 g/mol. The second kappa shape index (κ2) is 6.64. The average Bonchev–Trinajstić information content (AvgIpc) is 2.85. The van der Waals surface area contributed by atoms with Crippen LogP contribution in [-0.2, 0) is 16.3 Å². The van der Waals surface area contributed by atoms with Crippen molar-refractivity contribution in [1.82, 2.24) is 10.2 Å². The van der Waals surface area contributed by atoms with Crippen molar-refractivity contribution in [3.8, 4) is 6.07 Å². The molecule has 0 aliphatic carbocycles. The van der Waals surface area contributed by atoms with Crippen LogP contribution >= 0.6 is 0 Å². The number of urea groups is 1. The van der Waals surface area contributed by atoms with E-state index in [1.807, 2.05) is 6.07 Å². The molecule has 1 saturated heterocycles. The average molecular weight is 391 g/mol. The zero-order valence-corrected chi connectivity index (χ0v) is 14.5. The number of rotatable bonds is 4. The topological polar surface area (TPSA) is 73.2 Å². The highest BCUT2D eigenvalue weighted by atomic mass is 19.3. The largest absolute Gasteiger partial charge is 0.325 e. The van der Waals surface area contributed by atoms with E-state index in [1.165, 1.54) is 31.2 Å². The molecule has 2 aromatic carbocycles. The molecule has 28 heavy (non-hydrogen) atoms. The van der Waals surface area contributed by atoms with Gasteiger partial charge in [0.05, 0.1) is 23.7 Å². The van der Waals surface area contributed by atoms with Crippen molar-refractivity contribution in [2.75, 3.05) is 6.54 Å². The number of nitrogens with zero attached hydrogens (tertiary/aromatic N) is 2. The van der Waals surface area contributed by atoms with Gasteiger partial charge in [0, 0.05) is 6.07 Å². The number of hydrogen-bond acceptors (Lipinski definition) is 3. The molecular formula is C19H13F4N3O2. The predicted octanol–water partition coefficient (Wildman–Crippen LogP) is 3.40. The van der Waals surface area contributed by atoms with Gasteiger partial charge in [-0.3, -0.25) is 9.69 Å². The van der Waals surface area contributed by atoms with Gasteiger partial charge in [-0.25, -0.2) is 13.6 Å². The van der Waals surface area contributed by atoms with Gasteiger partial charge in [-0.05, 0) is 36.8 Å². The Morgan fingerprint density at radius 2 is 1.79 bits per heavy atom. The summed E-state index contributed by atoms with van der Waals surface area (Å²) in [5.74, 6) is -7.39. The van der Waals surface area contributed by atoms with E-state index in [0.29, 0.717) is 34.2 Å². The van der Waals surface area contributed by atoms with Gasteiger partial charge >= 0.3 is 6.03 Å². The standard InChI is InChI=1S/C19H13F4N3O2/c1-18(12-4-2-11(9-24)3-5-12)16(27)26(17(28)25-18)10-19(22,23)14-7-6-13(20)8-15(14)21/h2-8H,10H2,1H3,(H,25,28). The van der Waals surface area contributed by atoms with Crippen LogP contribution in [0.2, 0.25) is 0 Å². The van der Waals surface area contributed by atoms with Crippen LogP contribution in [-0.4, -0.2) is 23.4 Å².